The summed E-state index contributed by atoms with van der Waals surface area (Å²) in [6.07, 6.45) is 1.87. The topological polar surface area (TPSA) is 75.3 Å². The van der Waals surface area contributed by atoms with Crippen LogP contribution in [0, 0.1) is 11.3 Å². The number of hydrogen-bond donors (Lipinski definition) is 0. The van der Waals surface area contributed by atoms with Gasteiger partial charge in [-0.15, -0.1) is 0 Å². The Labute approximate surface area is 323 Å². The van der Waals surface area contributed by atoms with E-state index in [0.29, 0.717) is 23.0 Å². The SMILES string of the molecule is N#Cc1cccc(-c2cc3c4cccnc4c(-c4cccc(-c5cccc(-c6nc(-c7ccccc7)nc(-c7ccccc7)n6)c5)c4)cc3c3ccccc23)c1. The fourth-order valence-corrected chi connectivity index (χ4v) is 7.68. The second-order valence-corrected chi connectivity index (χ2v) is 13.8. The molecule has 56 heavy (non-hydrogen) atoms. The van der Waals surface area contributed by atoms with Crippen molar-refractivity contribution >= 4 is 32.4 Å². The molecule has 0 radical (unpaired) electrons. The molecule has 0 N–H and O–H groups in total. The first kappa shape index (κ1) is 32.8. The van der Waals surface area contributed by atoms with Crippen LogP contribution in [-0.4, -0.2) is 19.9 Å². The molecule has 0 saturated heterocycles. The molecule has 0 aliphatic heterocycles. The predicted molar refractivity (Wildman–Crippen MR) is 227 cm³/mol. The maximum Gasteiger partial charge on any atom is 0.164 e. The van der Waals surface area contributed by atoms with E-state index >= 15 is 0 Å². The number of aromatic nitrogens is 4. The lowest BCUT2D eigenvalue weighted by molar-refractivity contribution is 1.07. The monoisotopic (exact) mass is 713 g/mol. The van der Waals surface area contributed by atoms with Crippen LogP contribution in [0.25, 0.3) is 100.0 Å². The van der Waals surface area contributed by atoms with E-state index in [1.54, 1.807) is 0 Å². The maximum absolute atomic E-state index is 9.66. The Balaban J connectivity index is 1.11. The van der Waals surface area contributed by atoms with Gasteiger partial charge in [0, 0.05) is 33.8 Å². The van der Waals surface area contributed by atoms with Gasteiger partial charge in [0.05, 0.1) is 17.1 Å². The minimum atomic E-state index is 0.617. The minimum absolute atomic E-state index is 0.617. The summed E-state index contributed by atoms with van der Waals surface area (Å²) in [5, 5.41) is 15.3. The first-order valence-electron chi connectivity index (χ1n) is 18.5. The van der Waals surface area contributed by atoms with Crippen LogP contribution in [0.4, 0.5) is 0 Å². The van der Waals surface area contributed by atoms with Crippen molar-refractivity contribution in [1.29, 1.82) is 5.26 Å². The molecule has 5 heteroatoms. The van der Waals surface area contributed by atoms with Gasteiger partial charge < -0.3 is 0 Å². The summed E-state index contributed by atoms with van der Waals surface area (Å²) in [6.45, 7) is 0. The quantitative estimate of drug-likeness (QED) is 0.160. The third kappa shape index (κ3) is 5.92. The number of hydrogen-bond acceptors (Lipinski definition) is 5. The zero-order chi connectivity index (χ0) is 37.4. The molecule has 10 aromatic rings. The van der Waals surface area contributed by atoms with E-state index in [4.69, 9.17) is 19.9 Å². The van der Waals surface area contributed by atoms with Crippen molar-refractivity contribution in [2.45, 2.75) is 0 Å². The highest BCUT2D eigenvalue weighted by Crippen LogP contribution is 2.42. The second kappa shape index (κ2) is 13.9. The Hall–Kier alpha value is -7.81. The van der Waals surface area contributed by atoms with E-state index in [2.05, 4.69) is 103 Å². The smallest absolute Gasteiger partial charge is 0.164 e. The molecule has 0 saturated carbocycles. The molecule has 0 bridgehead atoms. The summed E-state index contributed by atoms with van der Waals surface area (Å²) in [4.78, 5) is 19.8. The van der Waals surface area contributed by atoms with Gasteiger partial charge in [0.2, 0.25) is 0 Å². The number of benzene rings is 8. The van der Waals surface area contributed by atoms with Crippen molar-refractivity contribution in [3.8, 4) is 73.6 Å². The molecule has 10 rings (SSSR count). The van der Waals surface area contributed by atoms with Crippen molar-refractivity contribution < 1.29 is 0 Å². The summed E-state index contributed by atoms with van der Waals surface area (Å²) in [5.74, 6) is 1.88. The lowest BCUT2D eigenvalue weighted by atomic mass is 9.88. The van der Waals surface area contributed by atoms with E-state index in [9.17, 15) is 5.26 Å². The molecule has 0 aliphatic rings. The Morgan fingerprint density at radius 3 is 1.50 bits per heavy atom. The van der Waals surface area contributed by atoms with Crippen molar-refractivity contribution in [1.82, 2.24) is 19.9 Å². The van der Waals surface area contributed by atoms with Crippen LogP contribution in [0.3, 0.4) is 0 Å². The van der Waals surface area contributed by atoms with Crippen LogP contribution >= 0.6 is 0 Å². The first-order chi connectivity index (χ1) is 27.7. The van der Waals surface area contributed by atoms with Gasteiger partial charge in [0.15, 0.2) is 17.5 Å². The van der Waals surface area contributed by atoms with E-state index in [-0.39, 0.29) is 0 Å². The predicted octanol–water partition coefficient (Wildman–Crippen LogP) is 12.6. The van der Waals surface area contributed by atoms with Gasteiger partial charge >= 0.3 is 0 Å². The molecule has 5 nitrogen and oxygen atoms in total. The zero-order valence-corrected chi connectivity index (χ0v) is 30.1. The molecule has 0 aliphatic carbocycles. The largest absolute Gasteiger partial charge is 0.256 e. The van der Waals surface area contributed by atoms with Crippen LogP contribution in [-0.2, 0) is 0 Å². The Kier molecular flexibility index (Phi) is 8.13. The highest BCUT2D eigenvalue weighted by Gasteiger charge is 2.17. The Bertz CT molecular complexity index is 3090. The first-order valence-corrected chi connectivity index (χ1v) is 18.5. The highest BCUT2D eigenvalue weighted by molar-refractivity contribution is 6.23. The maximum atomic E-state index is 9.66. The summed E-state index contributed by atoms with van der Waals surface area (Å²) in [7, 11) is 0. The van der Waals surface area contributed by atoms with Crippen LogP contribution in [0.15, 0.2) is 188 Å². The van der Waals surface area contributed by atoms with Crippen LogP contribution in [0.1, 0.15) is 5.56 Å². The number of pyridine rings is 1. The van der Waals surface area contributed by atoms with Crippen molar-refractivity contribution in [3.05, 3.63) is 194 Å². The molecule has 8 aromatic carbocycles. The molecule has 0 unspecified atom stereocenters. The van der Waals surface area contributed by atoms with Crippen molar-refractivity contribution in [2.75, 3.05) is 0 Å². The van der Waals surface area contributed by atoms with Crippen LogP contribution in [0.5, 0.6) is 0 Å². The summed E-state index contributed by atoms with van der Waals surface area (Å²) in [6, 6.07) is 64.6. The lowest BCUT2D eigenvalue weighted by Gasteiger charge is -2.16. The normalized spacial score (nSPS) is 11.2. The van der Waals surface area contributed by atoms with Gasteiger partial charge in [0.1, 0.15) is 0 Å². The van der Waals surface area contributed by atoms with Crippen molar-refractivity contribution in [2.24, 2.45) is 0 Å². The standard InChI is InChI=1S/C51H31N5/c52-32-33-13-9-20-38(27-33)44-30-47-43-25-12-26-53-48(43)45(31-46(47)42-24-8-7-23-41(42)44)39-21-10-18-36(28-39)37-19-11-22-40(29-37)51-55-49(34-14-3-1-4-15-34)54-50(56-51)35-16-5-2-6-17-35/h1-31H. The third-order valence-electron chi connectivity index (χ3n) is 10.4. The fourth-order valence-electron chi connectivity index (χ4n) is 7.68. The number of rotatable bonds is 6. The molecular formula is C51H31N5. The lowest BCUT2D eigenvalue weighted by Crippen LogP contribution is -2.00. The molecule has 2 aromatic heterocycles. The molecule has 0 spiro atoms. The number of fused-ring (bicyclic) bond motifs is 5. The Morgan fingerprint density at radius 2 is 0.821 bits per heavy atom. The Morgan fingerprint density at radius 1 is 0.339 bits per heavy atom. The molecule has 0 atom stereocenters. The van der Waals surface area contributed by atoms with Gasteiger partial charge in [-0.25, -0.2) is 15.0 Å². The van der Waals surface area contributed by atoms with Gasteiger partial charge in [-0.3, -0.25) is 4.98 Å². The van der Waals surface area contributed by atoms with E-state index in [1.165, 1.54) is 0 Å². The second-order valence-electron chi connectivity index (χ2n) is 13.8. The molecule has 2 heterocycles. The van der Waals surface area contributed by atoms with Crippen molar-refractivity contribution in [3.63, 3.8) is 0 Å². The average Bonchev–Trinajstić information content (AvgIpc) is 3.29. The van der Waals surface area contributed by atoms with Gasteiger partial charge in [-0.05, 0) is 91.8 Å². The molecule has 0 amide bonds. The zero-order valence-electron chi connectivity index (χ0n) is 30.1. The van der Waals surface area contributed by atoms with Crippen LogP contribution in [0.2, 0.25) is 0 Å². The molecule has 0 fully saturated rings. The number of nitrogens with zero attached hydrogens (tertiary/aromatic N) is 5. The molecular weight excluding hydrogens is 683 g/mol. The highest BCUT2D eigenvalue weighted by atomic mass is 15.0. The summed E-state index contributed by atoms with van der Waals surface area (Å²) >= 11 is 0. The van der Waals surface area contributed by atoms with Gasteiger partial charge in [-0.2, -0.15) is 5.26 Å². The van der Waals surface area contributed by atoms with Gasteiger partial charge in [-0.1, -0.05) is 140 Å². The fraction of sp³-hybridized carbons (Fsp3) is 0. The molecule has 260 valence electrons. The van der Waals surface area contributed by atoms with E-state index in [1.807, 2.05) is 91.1 Å². The summed E-state index contributed by atoms with van der Waals surface area (Å²) in [5.41, 5.74) is 10.7. The van der Waals surface area contributed by atoms with Crippen LogP contribution < -0.4 is 0 Å². The van der Waals surface area contributed by atoms with E-state index in [0.717, 1.165) is 82.5 Å². The minimum Gasteiger partial charge on any atom is -0.256 e. The number of nitriles is 1. The van der Waals surface area contributed by atoms with Gasteiger partial charge in [0.25, 0.3) is 0 Å². The average molecular weight is 714 g/mol. The summed E-state index contributed by atoms with van der Waals surface area (Å²) < 4.78 is 0. The third-order valence-corrected chi connectivity index (χ3v) is 10.4. The van der Waals surface area contributed by atoms with E-state index < -0.39 is 0 Å².